The topological polar surface area (TPSA) is 43.3 Å². The van der Waals surface area contributed by atoms with Crippen molar-refractivity contribution in [3.63, 3.8) is 0 Å². The SMILES string of the molecule is O=C(CCCn1cccc1)Nc1ccc(Oc2ccccc2)cc1. The van der Waals surface area contributed by atoms with Crippen molar-refractivity contribution in [3.8, 4) is 11.5 Å². The van der Waals surface area contributed by atoms with Crippen molar-refractivity contribution in [2.75, 3.05) is 5.32 Å². The second-order valence-electron chi connectivity index (χ2n) is 5.51. The molecular formula is C20H20N2O2. The number of para-hydroxylation sites is 1. The highest BCUT2D eigenvalue weighted by atomic mass is 16.5. The second kappa shape index (κ2) is 8.02. The van der Waals surface area contributed by atoms with E-state index in [2.05, 4.69) is 9.88 Å². The fourth-order valence-electron chi connectivity index (χ4n) is 2.40. The van der Waals surface area contributed by atoms with Crippen LogP contribution in [-0.4, -0.2) is 10.5 Å². The van der Waals surface area contributed by atoms with Gasteiger partial charge in [-0.2, -0.15) is 0 Å². The van der Waals surface area contributed by atoms with Gasteiger partial charge >= 0.3 is 0 Å². The first kappa shape index (κ1) is 15.9. The minimum absolute atomic E-state index is 0.0267. The molecule has 0 saturated heterocycles. The molecule has 1 heterocycles. The van der Waals surface area contributed by atoms with Gasteiger partial charge in [-0.05, 0) is 55.0 Å². The molecule has 1 N–H and O–H groups in total. The van der Waals surface area contributed by atoms with E-state index in [1.54, 1.807) is 0 Å². The van der Waals surface area contributed by atoms with Gasteiger partial charge in [-0.15, -0.1) is 0 Å². The molecular weight excluding hydrogens is 300 g/mol. The molecule has 0 aliphatic heterocycles. The molecule has 2 aromatic carbocycles. The highest BCUT2D eigenvalue weighted by molar-refractivity contribution is 5.90. The molecule has 0 spiro atoms. The minimum atomic E-state index is 0.0267. The zero-order valence-corrected chi connectivity index (χ0v) is 13.4. The van der Waals surface area contributed by atoms with Crippen molar-refractivity contribution >= 4 is 11.6 Å². The summed E-state index contributed by atoms with van der Waals surface area (Å²) >= 11 is 0. The lowest BCUT2D eigenvalue weighted by molar-refractivity contribution is -0.116. The number of hydrogen-bond donors (Lipinski definition) is 1. The van der Waals surface area contributed by atoms with Crippen molar-refractivity contribution in [2.24, 2.45) is 0 Å². The normalized spacial score (nSPS) is 10.3. The van der Waals surface area contributed by atoms with E-state index in [1.165, 1.54) is 0 Å². The van der Waals surface area contributed by atoms with Crippen LogP contribution in [0.2, 0.25) is 0 Å². The smallest absolute Gasteiger partial charge is 0.224 e. The molecule has 122 valence electrons. The molecule has 0 saturated carbocycles. The monoisotopic (exact) mass is 320 g/mol. The number of nitrogens with zero attached hydrogens (tertiary/aromatic N) is 1. The van der Waals surface area contributed by atoms with E-state index in [4.69, 9.17) is 4.74 Å². The number of aromatic nitrogens is 1. The Bertz CT molecular complexity index is 750. The van der Waals surface area contributed by atoms with Gasteiger partial charge in [-0.1, -0.05) is 18.2 Å². The molecule has 0 aliphatic carbocycles. The Balaban J connectivity index is 1.46. The van der Waals surface area contributed by atoms with Gasteiger partial charge < -0.3 is 14.6 Å². The van der Waals surface area contributed by atoms with Gasteiger partial charge in [0.15, 0.2) is 0 Å². The Morgan fingerprint density at radius 2 is 1.54 bits per heavy atom. The number of carbonyl (C=O) groups is 1. The number of rotatable bonds is 7. The van der Waals surface area contributed by atoms with Crippen molar-refractivity contribution in [1.82, 2.24) is 4.57 Å². The van der Waals surface area contributed by atoms with E-state index in [0.29, 0.717) is 6.42 Å². The van der Waals surface area contributed by atoms with Crippen LogP contribution in [0, 0.1) is 0 Å². The largest absolute Gasteiger partial charge is 0.457 e. The van der Waals surface area contributed by atoms with Crippen molar-refractivity contribution < 1.29 is 9.53 Å². The number of carbonyl (C=O) groups excluding carboxylic acids is 1. The molecule has 1 aromatic heterocycles. The summed E-state index contributed by atoms with van der Waals surface area (Å²) in [4.78, 5) is 12.0. The molecule has 0 atom stereocenters. The fourth-order valence-corrected chi connectivity index (χ4v) is 2.40. The van der Waals surface area contributed by atoms with Crippen LogP contribution in [0.15, 0.2) is 79.1 Å². The van der Waals surface area contributed by atoms with Crippen molar-refractivity contribution in [1.29, 1.82) is 0 Å². The summed E-state index contributed by atoms with van der Waals surface area (Å²) in [6.45, 7) is 0.851. The van der Waals surface area contributed by atoms with Crippen molar-refractivity contribution in [3.05, 3.63) is 79.1 Å². The highest BCUT2D eigenvalue weighted by Crippen LogP contribution is 2.22. The summed E-state index contributed by atoms with van der Waals surface area (Å²) in [6, 6.07) is 21.0. The maximum Gasteiger partial charge on any atom is 0.224 e. The average molecular weight is 320 g/mol. The molecule has 3 aromatic rings. The lowest BCUT2D eigenvalue weighted by Gasteiger charge is -2.08. The second-order valence-corrected chi connectivity index (χ2v) is 5.51. The summed E-state index contributed by atoms with van der Waals surface area (Å²) in [6.07, 6.45) is 5.32. The number of benzene rings is 2. The van der Waals surface area contributed by atoms with Crippen LogP contribution >= 0.6 is 0 Å². The van der Waals surface area contributed by atoms with Gasteiger partial charge in [0.2, 0.25) is 5.91 Å². The zero-order valence-electron chi connectivity index (χ0n) is 13.4. The van der Waals surface area contributed by atoms with E-state index in [9.17, 15) is 4.79 Å². The predicted molar refractivity (Wildman–Crippen MR) is 95.3 cm³/mol. The fraction of sp³-hybridized carbons (Fsp3) is 0.150. The number of ether oxygens (including phenoxy) is 1. The van der Waals surface area contributed by atoms with Gasteiger partial charge in [0, 0.05) is 31.0 Å². The Hall–Kier alpha value is -3.01. The first-order valence-corrected chi connectivity index (χ1v) is 8.03. The molecule has 0 aliphatic rings. The van der Waals surface area contributed by atoms with E-state index in [1.807, 2.05) is 79.1 Å². The number of aryl methyl sites for hydroxylation is 1. The molecule has 0 bridgehead atoms. The number of nitrogens with one attached hydrogen (secondary N) is 1. The summed E-state index contributed by atoms with van der Waals surface area (Å²) in [5.74, 6) is 1.56. The average Bonchev–Trinajstić information content (AvgIpc) is 3.11. The molecule has 0 fully saturated rings. The van der Waals surface area contributed by atoms with Gasteiger partial charge in [-0.25, -0.2) is 0 Å². The maximum absolute atomic E-state index is 12.0. The first-order valence-electron chi connectivity index (χ1n) is 8.03. The lowest BCUT2D eigenvalue weighted by atomic mass is 10.2. The Labute approximate surface area is 141 Å². The van der Waals surface area contributed by atoms with E-state index < -0.39 is 0 Å². The maximum atomic E-state index is 12.0. The predicted octanol–water partition coefficient (Wildman–Crippen LogP) is 4.70. The molecule has 4 nitrogen and oxygen atoms in total. The van der Waals surface area contributed by atoms with E-state index in [-0.39, 0.29) is 5.91 Å². The van der Waals surface area contributed by atoms with Crippen LogP contribution in [-0.2, 0) is 11.3 Å². The molecule has 0 unspecified atom stereocenters. The number of hydrogen-bond acceptors (Lipinski definition) is 2. The van der Waals surface area contributed by atoms with Crippen LogP contribution in [0.25, 0.3) is 0 Å². The number of amides is 1. The third kappa shape index (κ3) is 4.74. The molecule has 24 heavy (non-hydrogen) atoms. The van der Waals surface area contributed by atoms with Gasteiger partial charge in [-0.3, -0.25) is 4.79 Å². The summed E-state index contributed by atoms with van der Waals surface area (Å²) in [5, 5.41) is 2.91. The standard InChI is InChI=1S/C20H20N2O2/c23-20(9-6-16-22-14-4-5-15-22)21-17-10-12-19(13-11-17)24-18-7-2-1-3-8-18/h1-5,7-8,10-15H,6,9,16H2,(H,21,23). The number of anilines is 1. The summed E-state index contributed by atoms with van der Waals surface area (Å²) in [5.41, 5.74) is 0.779. The van der Waals surface area contributed by atoms with E-state index in [0.717, 1.165) is 30.2 Å². The Kier molecular flexibility index (Phi) is 5.30. The van der Waals surface area contributed by atoms with Gasteiger partial charge in [0.25, 0.3) is 0 Å². The van der Waals surface area contributed by atoms with Crippen LogP contribution in [0.3, 0.4) is 0 Å². The first-order chi connectivity index (χ1) is 11.8. The molecule has 0 radical (unpaired) electrons. The minimum Gasteiger partial charge on any atom is -0.457 e. The van der Waals surface area contributed by atoms with Gasteiger partial charge in [0.05, 0.1) is 0 Å². The lowest BCUT2D eigenvalue weighted by Crippen LogP contribution is -2.12. The molecule has 4 heteroatoms. The quantitative estimate of drug-likeness (QED) is 0.686. The Morgan fingerprint density at radius 3 is 2.25 bits per heavy atom. The highest BCUT2D eigenvalue weighted by Gasteiger charge is 2.03. The van der Waals surface area contributed by atoms with Crippen LogP contribution < -0.4 is 10.1 Å². The van der Waals surface area contributed by atoms with Crippen LogP contribution in [0.5, 0.6) is 11.5 Å². The van der Waals surface area contributed by atoms with E-state index >= 15 is 0 Å². The zero-order chi connectivity index (χ0) is 16.6. The summed E-state index contributed by atoms with van der Waals surface area (Å²) in [7, 11) is 0. The van der Waals surface area contributed by atoms with Crippen molar-refractivity contribution in [2.45, 2.75) is 19.4 Å². The van der Waals surface area contributed by atoms with Crippen LogP contribution in [0.4, 0.5) is 5.69 Å². The third-order valence-electron chi connectivity index (χ3n) is 3.60. The molecule has 1 amide bonds. The third-order valence-corrected chi connectivity index (χ3v) is 3.60. The van der Waals surface area contributed by atoms with Crippen LogP contribution in [0.1, 0.15) is 12.8 Å². The summed E-state index contributed by atoms with van der Waals surface area (Å²) < 4.78 is 7.80. The van der Waals surface area contributed by atoms with Gasteiger partial charge in [0.1, 0.15) is 11.5 Å². The Morgan fingerprint density at radius 1 is 0.875 bits per heavy atom. The molecule has 3 rings (SSSR count).